The van der Waals surface area contributed by atoms with Crippen molar-refractivity contribution in [2.45, 2.75) is 74.1 Å². The number of likely N-dealkylation sites (tertiary alicyclic amines) is 1. The van der Waals surface area contributed by atoms with E-state index < -0.39 is 39.0 Å². The Labute approximate surface area is 229 Å². The highest BCUT2D eigenvalue weighted by atomic mass is 32.2. The molecule has 2 amide bonds. The number of aliphatic hydroxyl groups is 1. The zero-order valence-electron chi connectivity index (χ0n) is 22.6. The van der Waals surface area contributed by atoms with Crippen molar-refractivity contribution in [3.63, 3.8) is 0 Å². The molecule has 0 saturated carbocycles. The van der Waals surface area contributed by atoms with E-state index in [0.29, 0.717) is 19.6 Å². The van der Waals surface area contributed by atoms with Gasteiger partial charge >= 0.3 is 5.97 Å². The van der Waals surface area contributed by atoms with Gasteiger partial charge in [0, 0.05) is 16.8 Å². The lowest BCUT2D eigenvalue weighted by Crippen LogP contribution is -2.60. The van der Waals surface area contributed by atoms with Crippen molar-refractivity contribution >= 4 is 29.5 Å². The van der Waals surface area contributed by atoms with Gasteiger partial charge in [-0.05, 0) is 52.5 Å². The molecule has 0 radical (unpaired) electrons. The number of amides is 2. The van der Waals surface area contributed by atoms with Crippen LogP contribution in [0.1, 0.15) is 46.1 Å². The zero-order valence-corrected chi connectivity index (χ0v) is 23.4. The van der Waals surface area contributed by atoms with Gasteiger partial charge in [-0.25, -0.2) is 0 Å². The SMILES string of the molecule is CC(C)(C)N1CC=C[C@]23S[C@]4(C)/C=C\CCCOC(=O)[C@@H]4[C@H]2C(=O)N([C@@H](CO)Cc2ccccc2)C3C1=O. The number of carbonyl (C=O) groups is 3. The topological polar surface area (TPSA) is 87.2 Å². The second-order valence-electron chi connectivity index (χ2n) is 12.0. The number of cyclic esters (lactones) is 1. The summed E-state index contributed by atoms with van der Waals surface area (Å²) in [5.41, 5.74) is 0.497. The van der Waals surface area contributed by atoms with Gasteiger partial charge in [-0.3, -0.25) is 14.4 Å². The van der Waals surface area contributed by atoms with E-state index in [-0.39, 0.29) is 24.4 Å². The van der Waals surface area contributed by atoms with Crippen LogP contribution in [0.15, 0.2) is 54.6 Å². The van der Waals surface area contributed by atoms with Crippen LogP contribution in [-0.4, -0.2) is 79.6 Å². The molecule has 2 saturated heterocycles. The van der Waals surface area contributed by atoms with E-state index in [0.717, 1.165) is 18.4 Å². The molecule has 7 nitrogen and oxygen atoms in total. The number of esters is 1. The number of aliphatic hydroxyl groups excluding tert-OH is 1. The molecule has 0 bridgehead atoms. The number of fused-ring (bicyclic) bond motifs is 2. The molecule has 5 rings (SSSR count). The fourth-order valence-corrected chi connectivity index (χ4v) is 8.85. The predicted molar refractivity (Wildman–Crippen MR) is 147 cm³/mol. The summed E-state index contributed by atoms with van der Waals surface area (Å²) in [6.45, 7) is 8.40. The van der Waals surface area contributed by atoms with E-state index in [9.17, 15) is 19.5 Å². The van der Waals surface area contributed by atoms with Gasteiger partial charge in [0.2, 0.25) is 11.8 Å². The Balaban J connectivity index is 1.67. The van der Waals surface area contributed by atoms with Crippen molar-refractivity contribution < 1.29 is 24.2 Å². The van der Waals surface area contributed by atoms with Crippen LogP contribution in [-0.2, 0) is 25.5 Å². The Morgan fingerprint density at radius 3 is 2.50 bits per heavy atom. The average Bonchev–Trinajstić information content (AvgIpc) is 3.21. The van der Waals surface area contributed by atoms with Crippen LogP contribution in [0.4, 0.5) is 0 Å². The van der Waals surface area contributed by atoms with E-state index in [4.69, 9.17) is 4.74 Å². The van der Waals surface area contributed by atoms with Crippen LogP contribution in [0.3, 0.4) is 0 Å². The van der Waals surface area contributed by atoms with Gasteiger partial charge in [0.25, 0.3) is 0 Å². The van der Waals surface area contributed by atoms with Gasteiger partial charge in [0.15, 0.2) is 0 Å². The van der Waals surface area contributed by atoms with Crippen molar-refractivity contribution in [1.29, 1.82) is 0 Å². The fraction of sp³-hybridized carbons (Fsp3) is 0.567. The maximum atomic E-state index is 14.5. The molecule has 38 heavy (non-hydrogen) atoms. The summed E-state index contributed by atoms with van der Waals surface area (Å²) in [4.78, 5) is 46.0. The van der Waals surface area contributed by atoms with Crippen molar-refractivity contribution in [1.82, 2.24) is 9.80 Å². The minimum absolute atomic E-state index is 0.148. The third-order valence-corrected chi connectivity index (χ3v) is 10.2. The molecule has 1 N–H and O–H groups in total. The first-order valence-electron chi connectivity index (χ1n) is 13.5. The Morgan fingerprint density at radius 1 is 1.08 bits per heavy atom. The molecule has 1 unspecified atom stereocenters. The van der Waals surface area contributed by atoms with Crippen LogP contribution in [0.5, 0.6) is 0 Å². The van der Waals surface area contributed by atoms with Crippen LogP contribution >= 0.6 is 11.8 Å². The number of thioether (sulfide) groups is 1. The molecular weight excluding hydrogens is 500 g/mol. The van der Waals surface area contributed by atoms with E-state index in [1.807, 2.05) is 75.1 Å². The van der Waals surface area contributed by atoms with Crippen LogP contribution in [0.2, 0.25) is 0 Å². The monoisotopic (exact) mass is 538 g/mol. The summed E-state index contributed by atoms with van der Waals surface area (Å²) in [7, 11) is 0. The fourth-order valence-electron chi connectivity index (χ4n) is 6.71. The number of benzene rings is 1. The van der Waals surface area contributed by atoms with Crippen LogP contribution < -0.4 is 0 Å². The summed E-state index contributed by atoms with van der Waals surface area (Å²) in [6, 6.07) is 8.24. The molecular formula is C30H38N2O5S. The normalized spacial score (nSPS) is 34.9. The van der Waals surface area contributed by atoms with E-state index in [1.54, 1.807) is 4.90 Å². The van der Waals surface area contributed by atoms with Gasteiger partial charge < -0.3 is 19.6 Å². The van der Waals surface area contributed by atoms with Crippen molar-refractivity contribution in [2.24, 2.45) is 11.8 Å². The second-order valence-corrected chi connectivity index (χ2v) is 13.8. The van der Waals surface area contributed by atoms with E-state index >= 15 is 0 Å². The summed E-state index contributed by atoms with van der Waals surface area (Å²) in [5, 5.41) is 10.6. The lowest BCUT2D eigenvalue weighted by Gasteiger charge is -2.42. The molecule has 0 aliphatic carbocycles. The van der Waals surface area contributed by atoms with Gasteiger partial charge in [-0.1, -0.05) is 54.6 Å². The molecule has 204 valence electrons. The van der Waals surface area contributed by atoms with Crippen molar-refractivity contribution in [3.05, 3.63) is 60.2 Å². The summed E-state index contributed by atoms with van der Waals surface area (Å²) in [5.74, 6) is -2.31. The number of hydrogen-bond acceptors (Lipinski definition) is 6. The molecule has 1 spiro atoms. The highest BCUT2D eigenvalue weighted by Crippen LogP contribution is 2.65. The number of ether oxygens (including phenoxy) is 1. The summed E-state index contributed by atoms with van der Waals surface area (Å²) < 4.78 is 4.03. The largest absolute Gasteiger partial charge is 0.465 e. The van der Waals surface area contributed by atoms with E-state index in [2.05, 4.69) is 12.2 Å². The predicted octanol–water partition coefficient (Wildman–Crippen LogP) is 3.37. The lowest BCUT2D eigenvalue weighted by molar-refractivity contribution is -0.154. The van der Waals surface area contributed by atoms with Crippen molar-refractivity contribution in [2.75, 3.05) is 19.8 Å². The molecule has 1 aromatic carbocycles. The number of nitrogens with zero attached hydrogens (tertiary/aromatic N) is 2. The van der Waals surface area contributed by atoms with Gasteiger partial charge in [-0.15, -0.1) is 11.8 Å². The maximum absolute atomic E-state index is 14.5. The second kappa shape index (κ2) is 9.87. The number of allylic oxidation sites excluding steroid dienone is 1. The summed E-state index contributed by atoms with van der Waals surface area (Å²) >= 11 is 1.54. The Kier molecular flexibility index (Phi) is 7.01. The first-order chi connectivity index (χ1) is 18.0. The molecule has 4 aliphatic heterocycles. The minimum Gasteiger partial charge on any atom is -0.465 e. The number of hydrogen-bond donors (Lipinski definition) is 1. The Hall–Kier alpha value is -2.58. The number of rotatable bonds is 4. The van der Waals surface area contributed by atoms with Crippen LogP contribution in [0.25, 0.3) is 0 Å². The average molecular weight is 539 g/mol. The zero-order chi connectivity index (χ0) is 27.3. The maximum Gasteiger partial charge on any atom is 0.311 e. The lowest BCUT2D eigenvalue weighted by atomic mass is 9.74. The Morgan fingerprint density at radius 2 is 1.82 bits per heavy atom. The third kappa shape index (κ3) is 4.30. The third-order valence-electron chi connectivity index (χ3n) is 8.42. The van der Waals surface area contributed by atoms with Gasteiger partial charge in [-0.2, -0.15) is 0 Å². The first kappa shape index (κ1) is 27.0. The highest BCUT2D eigenvalue weighted by Gasteiger charge is 2.74. The minimum atomic E-state index is -0.958. The van der Waals surface area contributed by atoms with Gasteiger partial charge in [0.1, 0.15) is 6.04 Å². The highest BCUT2D eigenvalue weighted by molar-refractivity contribution is 8.02. The number of carbonyl (C=O) groups excluding carboxylic acids is 3. The molecule has 6 atom stereocenters. The standard InChI is InChI=1S/C30H38N2O5S/c1-28(2,3)31-16-11-15-30-22(23-27(36)37-17-10-6-9-14-29(23,4)38-30)25(34)32(24(30)26(31)35)21(19-33)18-20-12-7-5-8-13-20/h5,7-9,11-15,21-24,33H,6,10,16-19H2,1-4H3/b14-9-/t21-,22+,23+,24?,29-,30+/m1/s1. The molecule has 4 aliphatic rings. The Bertz CT molecular complexity index is 1160. The molecule has 8 heteroatoms. The smallest absolute Gasteiger partial charge is 0.311 e. The van der Waals surface area contributed by atoms with E-state index in [1.165, 1.54) is 11.8 Å². The molecule has 1 aromatic rings. The molecule has 0 aromatic heterocycles. The van der Waals surface area contributed by atoms with Gasteiger partial charge in [0.05, 0.1) is 35.8 Å². The molecule has 2 fully saturated rings. The van der Waals surface area contributed by atoms with Crippen LogP contribution in [0, 0.1) is 11.8 Å². The first-order valence-corrected chi connectivity index (χ1v) is 14.4. The van der Waals surface area contributed by atoms with Crippen molar-refractivity contribution in [3.8, 4) is 0 Å². The summed E-state index contributed by atoms with van der Waals surface area (Å²) in [6.07, 6.45) is 10.0. The quantitative estimate of drug-likeness (QED) is 0.467. The molecule has 4 heterocycles.